The van der Waals surface area contributed by atoms with Crippen molar-refractivity contribution in [3.63, 3.8) is 0 Å². The molecule has 0 saturated heterocycles. The molecule has 4 atom stereocenters. The van der Waals surface area contributed by atoms with Crippen LogP contribution in [-0.4, -0.2) is 30.6 Å². The van der Waals surface area contributed by atoms with Crippen LogP contribution < -0.4 is 5.73 Å². The van der Waals surface area contributed by atoms with E-state index in [9.17, 15) is 0 Å². The van der Waals surface area contributed by atoms with Crippen molar-refractivity contribution in [3.8, 4) is 0 Å². The van der Waals surface area contributed by atoms with Crippen LogP contribution in [0.4, 0.5) is 0 Å². The summed E-state index contributed by atoms with van der Waals surface area (Å²) in [6.07, 6.45) is 5.62. The predicted octanol–water partition coefficient (Wildman–Crippen LogP) is 2.48. The fourth-order valence-electron chi connectivity index (χ4n) is 2.71. The van der Waals surface area contributed by atoms with Crippen LogP contribution in [0.2, 0.25) is 0 Å². The third kappa shape index (κ3) is 3.76. The maximum Gasteiger partial charge on any atom is 0.0118 e. The third-order valence-electron chi connectivity index (χ3n) is 4.11. The summed E-state index contributed by atoms with van der Waals surface area (Å²) < 4.78 is 0. The number of nitrogens with two attached hydrogens (primary N) is 1. The molecule has 1 rings (SSSR count). The fourth-order valence-corrected chi connectivity index (χ4v) is 2.71. The molecule has 0 amide bonds. The first-order valence-electron chi connectivity index (χ1n) is 6.48. The van der Waals surface area contributed by atoms with E-state index in [1.54, 1.807) is 0 Å². The number of rotatable bonds is 4. The summed E-state index contributed by atoms with van der Waals surface area (Å²) in [4.78, 5) is 2.54. The number of nitrogens with zero attached hydrogens (tertiary/aromatic N) is 1. The van der Waals surface area contributed by atoms with Crippen molar-refractivity contribution in [3.05, 3.63) is 0 Å². The van der Waals surface area contributed by atoms with E-state index in [0.29, 0.717) is 12.0 Å². The second-order valence-electron chi connectivity index (χ2n) is 5.61. The molecular weight excluding hydrogens is 184 g/mol. The summed E-state index contributed by atoms with van der Waals surface area (Å²) in [6, 6.07) is 1.10. The maximum absolute atomic E-state index is 5.92. The van der Waals surface area contributed by atoms with Crippen molar-refractivity contribution in [2.24, 2.45) is 17.6 Å². The van der Waals surface area contributed by atoms with Crippen LogP contribution >= 0.6 is 0 Å². The average molecular weight is 212 g/mol. The minimum atomic E-state index is 0.311. The zero-order chi connectivity index (χ0) is 11.4. The van der Waals surface area contributed by atoms with Crippen LogP contribution in [0.25, 0.3) is 0 Å². The van der Waals surface area contributed by atoms with Gasteiger partial charge in [-0.15, -0.1) is 0 Å². The van der Waals surface area contributed by atoms with Gasteiger partial charge in [0.2, 0.25) is 0 Å². The molecule has 0 aliphatic heterocycles. The van der Waals surface area contributed by atoms with Crippen LogP contribution in [0.5, 0.6) is 0 Å². The van der Waals surface area contributed by atoms with E-state index in [1.165, 1.54) is 25.7 Å². The molecule has 4 unspecified atom stereocenters. The highest BCUT2D eigenvalue weighted by Crippen LogP contribution is 2.27. The Balaban J connectivity index is 2.41. The quantitative estimate of drug-likeness (QED) is 0.776. The molecule has 1 aliphatic carbocycles. The standard InChI is InChI=1S/C13H28N2/c1-10-7-5-6-8-13(10)15(4)9-11(2)12(3)14/h10-13H,5-9,14H2,1-4H3. The van der Waals surface area contributed by atoms with E-state index in [1.807, 2.05) is 0 Å². The molecular formula is C13H28N2. The van der Waals surface area contributed by atoms with E-state index in [0.717, 1.165) is 18.5 Å². The van der Waals surface area contributed by atoms with E-state index >= 15 is 0 Å². The van der Waals surface area contributed by atoms with Crippen molar-refractivity contribution in [1.29, 1.82) is 0 Å². The van der Waals surface area contributed by atoms with Gasteiger partial charge in [0.15, 0.2) is 0 Å². The van der Waals surface area contributed by atoms with Gasteiger partial charge >= 0.3 is 0 Å². The molecule has 15 heavy (non-hydrogen) atoms. The van der Waals surface area contributed by atoms with Gasteiger partial charge in [-0.1, -0.05) is 26.7 Å². The largest absolute Gasteiger partial charge is 0.328 e. The molecule has 2 N–H and O–H groups in total. The SMILES string of the molecule is CC(N)C(C)CN(C)C1CCCCC1C. The van der Waals surface area contributed by atoms with E-state index in [4.69, 9.17) is 5.73 Å². The zero-order valence-corrected chi connectivity index (χ0v) is 10.9. The van der Waals surface area contributed by atoms with Crippen molar-refractivity contribution < 1.29 is 0 Å². The topological polar surface area (TPSA) is 29.3 Å². The van der Waals surface area contributed by atoms with E-state index in [2.05, 4.69) is 32.7 Å². The smallest absolute Gasteiger partial charge is 0.0118 e. The van der Waals surface area contributed by atoms with Gasteiger partial charge in [-0.25, -0.2) is 0 Å². The molecule has 0 aromatic rings. The monoisotopic (exact) mass is 212 g/mol. The Morgan fingerprint density at radius 1 is 1.27 bits per heavy atom. The molecule has 0 spiro atoms. The Morgan fingerprint density at radius 3 is 2.40 bits per heavy atom. The minimum absolute atomic E-state index is 0.311. The van der Waals surface area contributed by atoms with Gasteiger partial charge < -0.3 is 10.6 Å². The Hall–Kier alpha value is -0.0800. The van der Waals surface area contributed by atoms with Gasteiger partial charge in [-0.05, 0) is 38.6 Å². The Bertz CT molecular complexity index is 179. The highest BCUT2D eigenvalue weighted by atomic mass is 15.1. The summed E-state index contributed by atoms with van der Waals surface area (Å²) >= 11 is 0. The molecule has 0 radical (unpaired) electrons. The van der Waals surface area contributed by atoms with Gasteiger partial charge in [0.25, 0.3) is 0 Å². The molecule has 1 aliphatic rings. The van der Waals surface area contributed by atoms with Crippen molar-refractivity contribution in [1.82, 2.24) is 4.90 Å². The Kier molecular flexibility index (Phi) is 5.07. The molecule has 1 fully saturated rings. The lowest BCUT2D eigenvalue weighted by molar-refractivity contribution is 0.120. The van der Waals surface area contributed by atoms with E-state index in [-0.39, 0.29) is 0 Å². The normalized spacial score (nSPS) is 31.6. The molecule has 90 valence electrons. The predicted molar refractivity (Wildman–Crippen MR) is 66.9 cm³/mol. The van der Waals surface area contributed by atoms with Crippen molar-refractivity contribution in [2.75, 3.05) is 13.6 Å². The molecule has 0 heterocycles. The second-order valence-corrected chi connectivity index (χ2v) is 5.61. The molecule has 1 saturated carbocycles. The maximum atomic E-state index is 5.92. The Labute approximate surface area is 95.2 Å². The zero-order valence-electron chi connectivity index (χ0n) is 10.9. The lowest BCUT2D eigenvalue weighted by atomic mass is 9.84. The summed E-state index contributed by atoms with van der Waals surface area (Å²) in [5.41, 5.74) is 5.92. The summed E-state index contributed by atoms with van der Waals surface area (Å²) in [7, 11) is 2.27. The first-order valence-corrected chi connectivity index (χ1v) is 6.48. The molecule has 0 aromatic heterocycles. The van der Waals surface area contributed by atoms with Crippen LogP contribution in [0.3, 0.4) is 0 Å². The van der Waals surface area contributed by atoms with Crippen LogP contribution in [0.15, 0.2) is 0 Å². The summed E-state index contributed by atoms with van der Waals surface area (Å²) in [5.74, 6) is 1.47. The lowest BCUT2D eigenvalue weighted by Crippen LogP contribution is -2.43. The molecule has 2 nitrogen and oxygen atoms in total. The van der Waals surface area contributed by atoms with Gasteiger partial charge in [0.1, 0.15) is 0 Å². The summed E-state index contributed by atoms with van der Waals surface area (Å²) in [5, 5.41) is 0. The number of hydrogen-bond acceptors (Lipinski definition) is 2. The van der Waals surface area contributed by atoms with Gasteiger partial charge in [0, 0.05) is 18.6 Å². The second kappa shape index (κ2) is 5.86. The first-order chi connectivity index (χ1) is 7.02. The molecule has 0 aromatic carbocycles. The summed E-state index contributed by atoms with van der Waals surface area (Å²) in [6.45, 7) is 7.92. The molecule has 2 heteroatoms. The average Bonchev–Trinajstić information content (AvgIpc) is 2.18. The van der Waals surface area contributed by atoms with Gasteiger partial charge in [-0.2, -0.15) is 0 Å². The highest BCUT2D eigenvalue weighted by Gasteiger charge is 2.25. The van der Waals surface area contributed by atoms with Gasteiger partial charge in [-0.3, -0.25) is 0 Å². The third-order valence-corrected chi connectivity index (χ3v) is 4.11. The Morgan fingerprint density at radius 2 is 1.87 bits per heavy atom. The highest BCUT2D eigenvalue weighted by molar-refractivity contribution is 4.81. The number of hydrogen-bond donors (Lipinski definition) is 1. The van der Waals surface area contributed by atoms with Crippen LogP contribution in [-0.2, 0) is 0 Å². The first kappa shape index (κ1) is 13.0. The minimum Gasteiger partial charge on any atom is -0.328 e. The lowest BCUT2D eigenvalue weighted by Gasteiger charge is -2.38. The van der Waals surface area contributed by atoms with Crippen molar-refractivity contribution in [2.45, 2.75) is 58.5 Å². The van der Waals surface area contributed by atoms with Gasteiger partial charge in [0.05, 0.1) is 0 Å². The fraction of sp³-hybridized carbons (Fsp3) is 1.00. The molecule has 0 bridgehead atoms. The van der Waals surface area contributed by atoms with Crippen molar-refractivity contribution >= 4 is 0 Å². The van der Waals surface area contributed by atoms with E-state index < -0.39 is 0 Å². The van der Waals surface area contributed by atoms with Crippen LogP contribution in [0, 0.1) is 11.8 Å². The van der Waals surface area contributed by atoms with Crippen LogP contribution in [0.1, 0.15) is 46.5 Å².